The molecule has 0 spiro atoms. The van der Waals surface area contributed by atoms with Crippen LogP contribution in [0.4, 0.5) is 4.39 Å². The number of aromatic carboxylic acids is 1. The molecule has 2 fully saturated rings. The van der Waals surface area contributed by atoms with Gasteiger partial charge in [-0.15, -0.1) is 0 Å². The van der Waals surface area contributed by atoms with E-state index in [0.29, 0.717) is 24.2 Å². The number of rotatable bonds is 7. The Morgan fingerprint density at radius 3 is 2.46 bits per heavy atom. The van der Waals surface area contributed by atoms with E-state index < -0.39 is 11.8 Å². The fourth-order valence-corrected chi connectivity index (χ4v) is 3.93. The summed E-state index contributed by atoms with van der Waals surface area (Å²) in [6.45, 7) is 3.60. The average Bonchev–Trinajstić information content (AvgIpc) is 3.53. The third-order valence-corrected chi connectivity index (χ3v) is 5.78. The van der Waals surface area contributed by atoms with Gasteiger partial charge < -0.3 is 9.84 Å². The Hall–Kier alpha value is -2.40. The van der Waals surface area contributed by atoms with Crippen LogP contribution in [0.25, 0.3) is 0 Å². The number of carboxylic acid groups (broad SMARTS) is 1. The Kier molecular flexibility index (Phi) is 5.62. The zero-order valence-corrected chi connectivity index (χ0v) is 15.9. The van der Waals surface area contributed by atoms with Crippen molar-refractivity contribution in [2.75, 3.05) is 19.7 Å². The van der Waals surface area contributed by atoms with Crippen molar-refractivity contribution in [2.24, 2.45) is 5.92 Å². The molecule has 5 heteroatoms. The van der Waals surface area contributed by atoms with E-state index in [0.717, 1.165) is 50.9 Å². The van der Waals surface area contributed by atoms with E-state index in [1.807, 2.05) is 6.07 Å². The Labute approximate surface area is 164 Å². The minimum Gasteiger partial charge on any atom is -0.493 e. The van der Waals surface area contributed by atoms with Gasteiger partial charge in [0, 0.05) is 12.6 Å². The predicted molar refractivity (Wildman–Crippen MR) is 105 cm³/mol. The zero-order chi connectivity index (χ0) is 19.5. The van der Waals surface area contributed by atoms with Crippen LogP contribution in [0, 0.1) is 11.7 Å². The molecule has 1 aliphatic carbocycles. The summed E-state index contributed by atoms with van der Waals surface area (Å²) < 4.78 is 20.1. The maximum Gasteiger partial charge on any atom is 0.338 e. The van der Waals surface area contributed by atoms with Crippen molar-refractivity contribution in [2.45, 2.75) is 38.1 Å². The van der Waals surface area contributed by atoms with Crippen molar-refractivity contribution in [1.82, 2.24) is 4.90 Å². The molecule has 4 nitrogen and oxygen atoms in total. The zero-order valence-electron chi connectivity index (χ0n) is 15.9. The van der Waals surface area contributed by atoms with Crippen LogP contribution < -0.4 is 4.74 Å². The van der Waals surface area contributed by atoms with Crippen molar-refractivity contribution < 1.29 is 19.0 Å². The SMILES string of the molecule is O=C(O)c1cc(C2CC2)c(OCC2CCN(Cc3ccccc3)CC2)cc1F. The number of hydrogen-bond donors (Lipinski definition) is 1. The highest BCUT2D eigenvalue weighted by molar-refractivity contribution is 5.88. The summed E-state index contributed by atoms with van der Waals surface area (Å²) in [6.07, 6.45) is 4.14. The number of benzene rings is 2. The van der Waals surface area contributed by atoms with E-state index in [-0.39, 0.29) is 5.56 Å². The molecule has 1 N–H and O–H groups in total. The third kappa shape index (κ3) is 4.53. The van der Waals surface area contributed by atoms with Crippen molar-refractivity contribution in [1.29, 1.82) is 0 Å². The molecular formula is C23H26FNO3. The van der Waals surface area contributed by atoms with Crippen LogP contribution in [-0.4, -0.2) is 35.7 Å². The number of carboxylic acids is 1. The number of ether oxygens (including phenoxy) is 1. The molecule has 0 aromatic heterocycles. The molecule has 2 aliphatic rings. The Bertz CT molecular complexity index is 827. The van der Waals surface area contributed by atoms with E-state index in [1.54, 1.807) is 0 Å². The molecular weight excluding hydrogens is 357 g/mol. The predicted octanol–water partition coefficient (Wildman–Crippen LogP) is 4.69. The van der Waals surface area contributed by atoms with Gasteiger partial charge in [-0.05, 0) is 67.8 Å². The highest BCUT2D eigenvalue weighted by Gasteiger charge is 2.30. The first kappa shape index (κ1) is 18.9. The van der Waals surface area contributed by atoms with E-state index in [4.69, 9.17) is 9.84 Å². The summed E-state index contributed by atoms with van der Waals surface area (Å²) in [4.78, 5) is 13.7. The van der Waals surface area contributed by atoms with Crippen LogP contribution in [0.1, 0.15) is 53.1 Å². The van der Waals surface area contributed by atoms with Gasteiger partial charge >= 0.3 is 5.97 Å². The lowest BCUT2D eigenvalue weighted by Crippen LogP contribution is -2.35. The first-order valence-corrected chi connectivity index (χ1v) is 10.1. The summed E-state index contributed by atoms with van der Waals surface area (Å²) in [6, 6.07) is 13.2. The molecule has 0 radical (unpaired) electrons. The van der Waals surface area contributed by atoms with Crippen molar-refractivity contribution in [3.05, 3.63) is 65.0 Å². The molecule has 28 heavy (non-hydrogen) atoms. The highest BCUT2D eigenvalue weighted by Crippen LogP contribution is 2.45. The maximum absolute atomic E-state index is 14.1. The van der Waals surface area contributed by atoms with Gasteiger partial charge in [-0.25, -0.2) is 9.18 Å². The molecule has 2 aromatic carbocycles. The van der Waals surface area contributed by atoms with E-state index in [2.05, 4.69) is 29.2 Å². The number of nitrogens with zero attached hydrogens (tertiary/aromatic N) is 1. The lowest BCUT2D eigenvalue weighted by molar-refractivity contribution is 0.0691. The molecule has 1 heterocycles. The van der Waals surface area contributed by atoms with Crippen LogP contribution in [-0.2, 0) is 6.54 Å². The molecule has 4 rings (SSSR count). The summed E-state index contributed by atoms with van der Waals surface area (Å²) in [7, 11) is 0. The summed E-state index contributed by atoms with van der Waals surface area (Å²) in [5.41, 5.74) is 1.92. The molecule has 0 bridgehead atoms. The van der Waals surface area contributed by atoms with Gasteiger partial charge in [0.15, 0.2) is 0 Å². The Balaban J connectivity index is 1.33. The monoisotopic (exact) mass is 383 g/mol. The van der Waals surface area contributed by atoms with Gasteiger partial charge in [-0.1, -0.05) is 30.3 Å². The molecule has 0 unspecified atom stereocenters. The third-order valence-electron chi connectivity index (χ3n) is 5.78. The molecule has 148 valence electrons. The van der Waals surface area contributed by atoms with Gasteiger partial charge in [0.1, 0.15) is 11.6 Å². The summed E-state index contributed by atoms with van der Waals surface area (Å²) >= 11 is 0. The largest absolute Gasteiger partial charge is 0.493 e. The van der Waals surface area contributed by atoms with Gasteiger partial charge in [-0.3, -0.25) is 4.90 Å². The fraction of sp³-hybridized carbons (Fsp3) is 0.435. The van der Waals surface area contributed by atoms with Crippen molar-refractivity contribution in [3.63, 3.8) is 0 Å². The van der Waals surface area contributed by atoms with Crippen LogP contribution in [0.5, 0.6) is 5.75 Å². The molecule has 1 saturated carbocycles. The molecule has 1 aliphatic heterocycles. The fourth-order valence-electron chi connectivity index (χ4n) is 3.93. The second kappa shape index (κ2) is 8.31. The second-order valence-electron chi connectivity index (χ2n) is 7.97. The van der Waals surface area contributed by atoms with Gasteiger partial charge in [0.05, 0.1) is 12.2 Å². The van der Waals surface area contributed by atoms with E-state index >= 15 is 0 Å². The van der Waals surface area contributed by atoms with Crippen LogP contribution >= 0.6 is 0 Å². The second-order valence-corrected chi connectivity index (χ2v) is 7.97. The van der Waals surface area contributed by atoms with E-state index in [9.17, 15) is 9.18 Å². The van der Waals surface area contributed by atoms with Crippen LogP contribution in [0.2, 0.25) is 0 Å². The summed E-state index contributed by atoms with van der Waals surface area (Å²) in [5.74, 6) is -0.666. The maximum atomic E-state index is 14.1. The minimum absolute atomic E-state index is 0.261. The normalized spacial score (nSPS) is 18.2. The molecule has 2 aromatic rings. The van der Waals surface area contributed by atoms with Gasteiger partial charge in [-0.2, -0.15) is 0 Å². The number of halogens is 1. The average molecular weight is 383 g/mol. The van der Waals surface area contributed by atoms with Crippen molar-refractivity contribution >= 4 is 5.97 Å². The topological polar surface area (TPSA) is 49.8 Å². The number of piperidine rings is 1. The van der Waals surface area contributed by atoms with Crippen LogP contribution in [0.15, 0.2) is 42.5 Å². The standard InChI is InChI=1S/C23H26FNO3/c24-21-13-22(19(18-6-7-18)12-20(21)23(26)27)28-15-17-8-10-25(11-9-17)14-16-4-2-1-3-5-16/h1-5,12-13,17-18H,6-11,14-15H2,(H,26,27). The van der Waals surface area contributed by atoms with E-state index in [1.165, 1.54) is 17.7 Å². The highest BCUT2D eigenvalue weighted by atomic mass is 19.1. The summed E-state index contributed by atoms with van der Waals surface area (Å²) in [5, 5.41) is 9.16. The number of carbonyl (C=O) groups is 1. The molecule has 1 saturated heterocycles. The Morgan fingerprint density at radius 1 is 1.11 bits per heavy atom. The van der Waals surface area contributed by atoms with Gasteiger partial charge in [0.25, 0.3) is 0 Å². The number of likely N-dealkylation sites (tertiary alicyclic amines) is 1. The Morgan fingerprint density at radius 2 is 1.82 bits per heavy atom. The van der Waals surface area contributed by atoms with Gasteiger partial charge in [0.2, 0.25) is 0 Å². The smallest absolute Gasteiger partial charge is 0.338 e. The minimum atomic E-state index is -1.23. The van der Waals surface area contributed by atoms with Crippen molar-refractivity contribution in [3.8, 4) is 5.75 Å². The lowest BCUT2D eigenvalue weighted by atomic mass is 9.97. The molecule has 0 amide bonds. The number of hydrogen-bond acceptors (Lipinski definition) is 3. The first-order valence-electron chi connectivity index (χ1n) is 10.1. The van der Waals surface area contributed by atoms with Crippen LogP contribution in [0.3, 0.4) is 0 Å². The quantitative estimate of drug-likeness (QED) is 0.753. The first-order chi connectivity index (χ1) is 13.6. The molecule has 0 atom stereocenters. The lowest BCUT2D eigenvalue weighted by Gasteiger charge is -2.32.